The van der Waals surface area contributed by atoms with Crippen LogP contribution >= 0.6 is 0 Å². The fourth-order valence-electron chi connectivity index (χ4n) is 1.48. The van der Waals surface area contributed by atoms with E-state index in [0.717, 1.165) is 13.0 Å². The van der Waals surface area contributed by atoms with Gasteiger partial charge in [-0.2, -0.15) is 0 Å². The molecule has 1 aliphatic rings. The van der Waals surface area contributed by atoms with Gasteiger partial charge in [0.05, 0.1) is 6.04 Å². The molecule has 1 heterocycles. The average molecular weight is 158 g/mol. The second-order valence-corrected chi connectivity index (χ2v) is 3.00. The minimum atomic E-state index is 0.399. The zero-order chi connectivity index (χ0) is 8.23. The van der Waals surface area contributed by atoms with Gasteiger partial charge in [-0.1, -0.05) is 42.5 Å². The normalized spacial score (nSPS) is 22.5. The number of hydrogen-bond acceptors (Lipinski definition) is 0. The van der Waals surface area contributed by atoms with Gasteiger partial charge in [0.25, 0.3) is 0 Å². The van der Waals surface area contributed by atoms with Crippen LogP contribution in [0.4, 0.5) is 0 Å². The van der Waals surface area contributed by atoms with Crippen molar-refractivity contribution in [1.29, 1.82) is 0 Å². The number of rotatable bonds is 1. The van der Waals surface area contributed by atoms with E-state index in [2.05, 4.69) is 41.7 Å². The maximum atomic E-state index is 4.51. The largest absolute Gasteiger partial charge is 0.229 e. The van der Waals surface area contributed by atoms with Crippen molar-refractivity contribution in [3.05, 3.63) is 48.0 Å². The van der Waals surface area contributed by atoms with Gasteiger partial charge < -0.3 is 0 Å². The average Bonchev–Trinajstić information content (AvgIpc) is 2.21. The Kier molecular flexibility index (Phi) is 2.23. The molecular formula is C11H12N. The Morgan fingerprint density at radius 1 is 1.08 bits per heavy atom. The molecule has 1 aromatic rings. The van der Waals surface area contributed by atoms with Crippen LogP contribution in [0.3, 0.4) is 0 Å². The molecule has 0 saturated carbocycles. The maximum Gasteiger partial charge on any atom is 0.0533 e. The molecule has 0 N–H and O–H groups in total. The van der Waals surface area contributed by atoms with Gasteiger partial charge in [-0.3, -0.25) is 0 Å². The lowest BCUT2D eigenvalue weighted by atomic mass is 10.0. The monoisotopic (exact) mass is 158 g/mol. The highest BCUT2D eigenvalue weighted by atomic mass is 14.9. The number of hydrogen-bond donors (Lipinski definition) is 0. The molecule has 61 valence electrons. The van der Waals surface area contributed by atoms with Crippen LogP contribution in [0.15, 0.2) is 42.5 Å². The van der Waals surface area contributed by atoms with E-state index in [-0.39, 0.29) is 0 Å². The molecule has 0 aromatic heterocycles. The molecule has 12 heavy (non-hydrogen) atoms. The van der Waals surface area contributed by atoms with Crippen molar-refractivity contribution in [3.8, 4) is 0 Å². The van der Waals surface area contributed by atoms with Crippen molar-refractivity contribution in [1.82, 2.24) is 5.32 Å². The molecule has 1 heteroatoms. The van der Waals surface area contributed by atoms with Crippen LogP contribution in [0, 0.1) is 0 Å². The van der Waals surface area contributed by atoms with Crippen molar-refractivity contribution >= 4 is 0 Å². The summed E-state index contributed by atoms with van der Waals surface area (Å²) >= 11 is 0. The molecule has 1 radical (unpaired) electrons. The summed E-state index contributed by atoms with van der Waals surface area (Å²) in [5.74, 6) is 0. The van der Waals surface area contributed by atoms with Gasteiger partial charge in [-0.15, -0.1) is 0 Å². The molecule has 0 amide bonds. The second kappa shape index (κ2) is 3.55. The lowest BCUT2D eigenvalue weighted by molar-refractivity contribution is 0.543. The van der Waals surface area contributed by atoms with Crippen LogP contribution < -0.4 is 5.32 Å². The van der Waals surface area contributed by atoms with Crippen LogP contribution in [0.1, 0.15) is 18.0 Å². The van der Waals surface area contributed by atoms with Gasteiger partial charge in [0, 0.05) is 6.54 Å². The molecule has 0 aliphatic carbocycles. The molecule has 0 saturated heterocycles. The van der Waals surface area contributed by atoms with Crippen molar-refractivity contribution in [2.75, 3.05) is 6.54 Å². The minimum Gasteiger partial charge on any atom is -0.229 e. The number of nitrogens with zero attached hydrogens (tertiary/aromatic N) is 1. The SMILES string of the molecule is C1=CCC(c2ccccc2)[N]C1. The predicted molar refractivity (Wildman–Crippen MR) is 49.9 cm³/mol. The van der Waals surface area contributed by atoms with Crippen LogP contribution in [-0.4, -0.2) is 6.54 Å². The molecule has 2 rings (SSSR count). The minimum absolute atomic E-state index is 0.399. The van der Waals surface area contributed by atoms with E-state index in [0.29, 0.717) is 6.04 Å². The van der Waals surface area contributed by atoms with Gasteiger partial charge in [0.2, 0.25) is 0 Å². The van der Waals surface area contributed by atoms with Crippen LogP contribution in [0.5, 0.6) is 0 Å². The summed E-state index contributed by atoms with van der Waals surface area (Å²) in [6.07, 6.45) is 5.40. The molecule has 1 unspecified atom stereocenters. The van der Waals surface area contributed by atoms with Crippen LogP contribution in [0.25, 0.3) is 0 Å². The molecule has 1 aromatic carbocycles. The summed E-state index contributed by atoms with van der Waals surface area (Å²) < 4.78 is 0. The van der Waals surface area contributed by atoms with Crippen molar-refractivity contribution in [2.24, 2.45) is 0 Å². The maximum absolute atomic E-state index is 4.51. The number of benzene rings is 1. The first kappa shape index (κ1) is 7.56. The van der Waals surface area contributed by atoms with Gasteiger partial charge in [-0.25, -0.2) is 5.32 Å². The molecular weight excluding hydrogens is 146 g/mol. The first-order chi connectivity index (χ1) is 5.97. The Bertz CT molecular complexity index is 264. The Hall–Kier alpha value is -1.08. The standard InChI is InChI=1S/C11H12N/c1-2-6-10(7-3-1)11-8-4-5-9-12-11/h1-7,11H,8-9H2. The van der Waals surface area contributed by atoms with Crippen LogP contribution in [-0.2, 0) is 0 Å². The van der Waals surface area contributed by atoms with Crippen molar-refractivity contribution < 1.29 is 0 Å². The fourth-order valence-corrected chi connectivity index (χ4v) is 1.48. The van der Waals surface area contributed by atoms with Gasteiger partial charge >= 0.3 is 0 Å². The van der Waals surface area contributed by atoms with E-state index in [4.69, 9.17) is 0 Å². The second-order valence-electron chi connectivity index (χ2n) is 3.00. The Morgan fingerprint density at radius 2 is 1.92 bits per heavy atom. The molecule has 1 aliphatic heterocycles. The highest BCUT2D eigenvalue weighted by Crippen LogP contribution is 2.19. The third-order valence-electron chi connectivity index (χ3n) is 2.14. The lowest BCUT2D eigenvalue weighted by Gasteiger charge is -2.17. The van der Waals surface area contributed by atoms with E-state index in [1.54, 1.807) is 0 Å². The van der Waals surface area contributed by atoms with Gasteiger partial charge in [0.15, 0.2) is 0 Å². The third-order valence-corrected chi connectivity index (χ3v) is 2.14. The lowest BCUT2D eigenvalue weighted by Crippen LogP contribution is -2.16. The smallest absolute Gasteiger partial charge is 0.0533 e. The Labute approximate surface area is 73.1 Å². The van der Waals surface area contributed by atoms with Crippen LogP contribution in [0.2, 0.25) is 0 Å². The zero-order valence-electron chi connectivity index (χ0n) is 6.98. The molecule has 0 bridgehead atoms. The van der Waals surface area contributed by atoms with Gasteiger partial charge in [-0.05, 0) is 12.0 Å². The summed E-state index contributed by atoms with van der Waals surface area (Å²) in [6, 6.07) is 10.9. The first-order valence-corrected chi connectivity index (χ1v) is 4.33. The quantitative estimate of drug-likeness (QED) is 0.557. The third kappa shape index (κ3) is 1.56. The van der Waals surface area contributed by atoms with Gasteiger partial charge in [0.1, 0.15) is 0 Å². The summed E-state index contributed by atoms with van der Waals surface area (Å²) in [4.78, 5) is 0. The summed E-state index contributed by atoms with van der Waals surface area (Å²) in [5.41, 5.74) is 1.34. The van der Waals surface area contributed by atoms with Crippen molar-refractivity contribution in [2.45, 2.75) is 12.5 Å². The highest BCUT2D eigenvalue weighted by molar-refractivity contribution is 5.20. The molecule has 0 spiro atoms. The van der Waals surface area contributed by atoms with Crippen molar-refractivity contribution in [3.63, 3.8) is 0 Å². The Morgan fingerprint density at radius 3 is 2.58 bits per heavy atom. The van der Waals surface area contributed by atoms with E-state index in [1.165, 1.54) is 5.56 Å². The van der Waals surface area contributed by atoms with E-state index < -0.39 is 0 Å². The summed E-state index contributed by atoms with van der Waals surface area (Å²) in [7, 11) is 0. The summed E-state index contributed by atoms with van der Waals surface area (Å²) in [5, 5.41) is 4.51. The first-order valence-electron chi connectivity index (χ1n) is 4.33. The molecule has 1 atom stereocenters. The molecule has 0 fully saturated rings. The van der Waals surface area contributed by atoms with E-state index >= 15 is 0 Å². The summed E-state index contributed by atoms with van der Waals surface area (Å²) in [6.45, 7) is 0.875. The topological polar surface area (TPSA) is 14.1 Å². The predicted octanol–water partition coefficient (Wildman–Crippen LogP) is 2.29. The molecule has 1 nitrogen and oxygen atoms in total. The Balaban J connectivity index is 2.15. The highest BCUT2D eigenvalue weighted by Gasteiger charge is 2.11. The fraction of sp³-hybridized carbons (Fsp3) is 0.273. The van der Waals surface area contributed by atoms with E-state index in [9.17, 15) is 0 Å². The van der Waals surface area contributed by atoms with E-state index in [1.807, 2.05) is 6.07 Å². The zero-order valence-corrected chi connectivity index (χ0v) is 6.98.